The smallest absolute Gasteiger partial charge is 0.321 e. The Morgan fingerprint density at radius 3 is 2.69 bits per heavy atom. The molecule has 6 nitrogen and oxygen atoms in total. The lowest BCUT2D eigenvalue weighted by Crippen LogP contribution is -2.38. The molecule has 4 aromatic rings. The Bertz CT molecular complexity index is 1340. The van der Waals surface area contributed by atoms with Gasteiger partial charge in [-0.1, -0.05) is 47.5 Å². The van der Waals surface area contributed by atoms with Crippen molar-refractivity contribution in [2.75, 3.05) is 7.11 Å². The molecule has 3 aromatic carbocycles. The van der Waals surface area contributed by atoms with Gasteiger partial charge in [-0.3, -0.25) is 4.79 Å². The van der Waals surface area contributed by atoms with E-state index in [0.717, 1.165) is 16.5 Å². The summed E-state index contributed by atoms with van der Waals surface area (Å²) < 4.78 is 25.2. The third-order valence-corrected chi connectivity index (χ3v) is 6.30. The van der Waals surface area contributed by atoms with Crippen LogP contribution < -0.4 is 14.8 Å². The van der Waals surface area contributed by atoms with Gasteiger partial charge >= 0.3 is 5.97 Å². The van der Waals surface area contributed by atoms with Gasteiger partial charge in [0.05, 0.1) is 17.2 Å². The van der Waals surface area contributed by atoms with E-state index in [1.807, 2.05) is 30.5 Å². The average Bonchev–Trinajstić information content (AvgIpc) is 3.24. The van der Waals surface area contributed by atoms with Crippen molar-refractivity contribution in [1.82, 2.24) is 10.3 Å². The maximum atomic E-state index is 14.1. The lowest BCUT2D eigenvalue weighted by molar-refractivity contribution is -0.139. The number of methoxy groups -OCH3 is 1. The molecular formula is C26H23Cl2FN2O4. The number of H-pyrrole nitrogens is 1. The highest BCUT2D eigenvalue weighted by Crippen LogP contribution is 2.37. The SMILES string of the molecule is COc1cc(CNC(Cc2c[nH]c3ccccc23)C(=O)O)cc(Cl)c1OCc1c(F)cccc1Cl. The summed E-state index contributed by atoms with van der Waals surface area (Å²) >= 11 is 12.5. The predicted molar refractivity (Wildman–Crippen MR) is 134 cm³/mol. The summed E-state index contributed by atoms with van der Waals surface area (Å²) in [6, 6.07) is 14.7. The molecule has 1 aromatic heterocycles. The first-order chi connectivity index (χ1) is 16.9. The van der Waals surface area contributed by atoms with Crippen LogP contribution >= 0.6 is 23.2 Å². The molecule has 0 amide bonds. The number of aromatic nitrogens is 1. The minimum Gasteiger partial charge on any atom is -0.493 e. The molecule has 0 aliphatic heterocycles. The Morgan fingerprint density at radius 1 is 1.14 bits per heavy atom. The van der Waals surface area contributed by atoms with Crippen LogP contribution in [0.15, 0.2) is 60.8 Å². The van der Waals surface area contributed by atoms with Gasteiger partial charge in [-0.2, -0.15) is 0 Å². The fraction of sp³-hybridized carbons (Fsp3) is 0.192. The topological polar surface area (TPSA) is 83.6 Å². The van der Waals surface area contributed by atoms with Crippen LogP contribution in [0.4, 0.5) is 4.39 Å². The molecule has 0 bridgehead atoms. The van der Waals surface area contributed by atoms with Crippen molar-refractivity contribution in [3.05, 3.63) is 93.3 Å². The van der Waals surface area contributed by atoms with E-state index >= 15 is 0 Å². The van der Waals surface area contributed by atoms with E-state index in [4.69, 9.17) is 32.7 Å². The van der Waals surface area contributed by atoms with Crippen LogP contribution in [-0.4, -0.2) is 29.2 Å². The minimum absolute atomic E-state index is 0.134. The van der Waals surface area contributed by atoms with Crippen molar-refractivity contribution in [1.29, 1.82) is 0 Å². The first-order valence-corrected chi connectivity index (χ1v) is 11.6. The van der Waals surface area contributed by atoms with Crippen LogP contribution in [0.2, 0.25) is 10.0 Å². The van der Waals surface area contributed by atoms with Gasteiger partial charge in [0.25, 0.3) is 0 Å². The van der Waals surface area contributed by atoms with E-state index in [1.165, 1.54) is 19.2 Å². The second kappa shape index (κ2) is 11.0. The number of aromatic amines is 1. The average molecular weight is 517 g/mol. The van der Waals surface area contributed by atoms with Gasteiger partial charge in [0.2, 0.25) is 0 Å². The number of halogens is 3. The van der Waals surface area contributed by atoms with E-state index in [1.54, 1.807) is 18.2 Å². The van der Waals surface area contributed by atoms with E-state index in [-0.39, 0.29) is 34.5 Å². The summed E-state index contributed by atoms with van der Waals surface area (Å²) in [5.74, 6) is -0.866. The second-order valence-electron chi connectivity index (χ2n) is 7.93. The summed E-state index contributed by atoms with van der Waals surface area (Å²) in [6.45, 7) is 0.0969. The summed E-state index contributed by atoms with van der Waals surface area (Å²) in [7, 11) is 1.46. The van der Waals surface area contributed by atoms with Gasteiger partial charge in [-0.25, -0.2) is 4.39 Å². The first-order valence-electron chi connectivity index (χ1n) is 10.8. The van der Waals surface area contributed by atoms with E-state index in [2.05, 4.69) is 10.3 Å². The van der Waals surface area contributed by atoms with Crippen LogP contribution in [0.25, 0.3) is 10.9 Å². The number of hydrogen-bond acceptors (Lipinski definition) is 4. The molecule has 1 unspecified atom stereocenters. The quantitative estimate of drug-likeness (QED) is 0.241. The normalized spacial score (nSPS) is 12.0. The Balaban J connectivity index is 1.47. The number of benzene rings is 3. The highest BCUT2D eigenvalue weighted by Gasteiger charge is 2.20. The molecule has 0 spiro atoms. The lowest BCUT2D eigenvalue weighted by Gasteiger charge is -2.17. The van der Waals surface area contributed by atoms with Gasteiger partial charge in [0.1, 0.15) is 18.5 Å². The monoisotopic (exact) mass is 516 g/mol. The van der Waals surface area contributed by atoms with Crippen molar-refractivity contribution in [2.24, 2.45) is 0 Å². The highest BCUT2D eigenvalue weighted by molar-refractivity contribution is 6.32. The van der Waals surface area contributed by atoms with E-state index in [0.29, 0.717) is 17.7 Å². The molecule has 3 N–H and O–H groups in total. The van der Waals surface area contributed by atoms with Crippen LogP contribution in [-0.2, 0) is 24.4 Å². The highest BCUT2D eigenvalue weighted by atomic mass is 35.5. The number of ether oxygens (including phenoxy) is 2. The number of aliphatic carboxylic acids is 1. The van der Waals surface area contributed by atoms with Gasteiger partial charge in [0, 0.05) is 35.6 Å². The van der Waals surface area contributed by atoms with Crippen LogP contribution in [0.5, 0.6) is 11.5 Å². The largest absolute Gasteiger partial charge is 0.493 e. The number of nitrogens with one attached hydrogen (secondary N) is 2. The first kappa shape index (κ1) is 24.9. The molecule has 0 saturated heterocycles. The molecule has 182 valence electrons. The Labute approximate surface area is 211 Å². The molecule has 0 saturated carbocycles. The lowest BCUT2D eigenvalue weighted by atomic mass is 10.0. The number of carboxylic acids is 1. The number of hydrogen-bond donors (Lipinski definition) is 3. The number of carbonyl (C=O) groups is 1. The van der Waals surface area contributed by atoms with Gasteiger partial charge in [0.15, 0.2) is 11.5 Å². The zero-order valence-corrected chi connectivity index (χ0v) is 20.3. The molecule has 1 heterocycles. The van der Waals surface area contributed by atoms with Gasteiger partial charge in [-0.15, -0.1) is 0 Å². The molecular weight excluding hydrogens is 494 g/mol. The van der Waals surface area contributed by atoms with Crippen molar-refractivity contribution in [3.63, 3.8) is 0 Å². The van der Waals surface area contributed by atoms with Crippen LogP contribution in [0.1, 0.15) is 16.7 Å². The third-order valence-electron chi connectivity index (χ3n) is 5.66. The number of rotatable bonds is 10. The Kier molecular flexibility index (Phi) is 7.80. The fourth-order valence-corrected chi connectivity index (χ4v) is 4.34. The summed E-state index contributed by atoms with van der Waals surface area (Å²) in [6.07, 6.45) is 2.13. The molecule has 35 heavy (non-hydrogen) atoms. The molecule has 9 heteroatoms. The minimum atomic E-state index is -0.963. The van der Waals surface area contributed by atoms with Crippen molar-refractivity contribution >= 4 is 40.1 Å². The van der Waals surface area contributed by atoms with Gasteiger partial charge in [-0.05, 0) is 41.5 Å². The van der Waals surface area contributed by atoms with E-state index in [9.17, 15) is 14.3 Å². The maximum Gasteiger partial charge on any atom is 0.321 e. The van der Waals surface area contributed by atoms with E-state index < -0.39 is 17.8 Å². The number of carboxylic acid groups (broad SMARTS) is 1. The molecule has 4 rings (SSSR count). The number of para-hydroxylation sites is 1. The van der Waals surface area contributed by atoms with Crippen molar-refractivity contribution in [3.8, 4) is 11.5 Å². The predicted octanol–water partition coefficient (Wildman–Crippen LogP) is 5.99. The third kappa shape index (κ3) is 5.70. The maximum absolute atomic E-state index is 14.1. The molecule has 0 aliphatic rings. The van der Waals surface area contributed by atoms with Gasteiger partial charge < -0.3 is 24.9 Å². The standard InChI is InChI=1S/C26H23Cl2FN2O4/c1-34-24-10-15(9-20(28)25(24)35-14-18-19(27)6-4-7-21(18)29)12-30-23(26(32)33)11-16-13-31-22-8-3-2-5-17(16)22/h2-10,13,23,30-31H,11-12,14H2,1H3,(H,32,33). The summed E-state index contributed by atoms with van der Waals surface area (Å²) in [5, 5.41) is 14.3. The van der Waals surface area contributed by atoms with Crippen molar-refractivity contribution in [2.45, 2.75) is 25.6 Å². The molecule has 0 radical (unpaired) electrons. The van der Waals surface area contributed by atoms with Crippen LogP contribution in [0, 0.1) is 5.82 Å². The molecule has 0 aliphatic carbocycles. The van der Waals surface area contributed by atoms with Crippen molar-refractivity contribution < 1.29 is 23.8 Å². The number of fused-ring (bicyclic) bond motifs is 1. The van der Waals surface area contributed by atoms with Crippen LogP contribution in [0.3, 0.4) is 0 Å². The fourth-order valence-electron chi connectivity index (χ4n) is 3.84. The molecule has 0 fully saturated rings. The zero-order chi connectivity index (χ0) is 24.9. The zero-order valence-electron chi connectivity index (χ0n) is 18.8. The Hall–Kier alpha value is -3.26. The Morgan fingerprint density at radius 2 is 1.94 bits per heavy atom. The molecule has 1 atom stereocenters. The summed E-state index contributed by atoms with van der Waals surface area (Å²) in [5.41, 5.74) is 2.77. The second-order valence-corrected chi connectivity index (χ2v) is 8.75. The summed E-state index contributed by atoms with van der Waals surface area (Å²) in [4.78, 5) is 15.1.